The molecule has 0 amide bonds. The summed E-state index contributed by atoms with van der Waals surface area (Å²) in [4.78, 5) is 0. The third-order valence-corrected chi connectivity index (χ3v) is 4.26. The maximum Gasteiger partial charge on any atom is -0.0250 e. The van der Waals surface area contributed by atoms with Crippen molar-refractivity contribution in [1.29, 1.82) is 0 Å². The van der Waals surface area contributed by atoms with E-state index in [1.165, 1.54) is 68.1 Å². The predicted octanol–water partition coefficient (Wildman–Crippen LogP) is 6.23. The first-order valence-electron chi connectivity index (χ1n) is 8.23. The number of hydrogen-bond acceptors (Lipinski definition) is 0. The van der Waals surface area contributed by atoms with Crippen molar-refractivity contribution in [3.05, 3.63) is 34.9 Å². The van der Waals surface area contributed by atoms with E-state index >= 15 is 0 Å². The maximum atomic E-state index is 2.39. The Morgan fingerprint density at radius 1 is 0.842 bits per heavy atom. The highest BCUT2D eigenvalue weighted by Crippen LogP contribution is 2.22. The number of hydrogen-bond donors (Lipinski definition) is 0. The van der Waals surface area contributed by atoms with Crippen molar-refractivity contribution >= 4 is 0 Å². The Morgan fingerprint density at radius 3 is 2.26 bits per heavy atom. The van der Waals surface area contributed by atoms with Crippen LogP contribution in [0.5, 0.6) is 0 Å². The van der Waals surface area contributed by atoms with Gasteiger partial charge in [-0.15, -0.1) is 0 Å². The summed E-state index contributed by atoms with van der Waals surface area (Å²) >= 11 is 0. The summed E-state index contributed by atoms with van der Waals surface area (Å²) in [6.45, 7) is 9.04. The van der Waals surface area contributed by atoms with E-state index < -0.39 is 0 Å². The minimum Gasteiger partial charge on any atom is -0.0654 e. The zero-order chi connectivity index (χ0) is 14.1. The zero-order valence-electron chi connectivity index (χ0n) is 13.5. The average molecular weight is 260 g/mol. The highest BCUT2D eigenvalue weighted by atomic mass is 14.1. The van der Waals surface area contributed by atoms with Crippen molar-refractivity contribution in [2.45, 2.75) is 79.1 Å². The Kier molecular flexibility index (Phi) is 7.86. The summed E-state index contributed by atoms with van der Waals surface area (Å²) in [6, 6.07) is 7.01. The van der Waals surface area contributed by atoms with Crippen LogP contribution in [0.15, 0.2) is 18.2 Å². The topological polar surface area (TPSA) is 0 Å². The van der Waals surface area contributed by atoms with E-state index in [-0.39, 0.29) is 0 Å². The fraction of sp³-hybridized carbons (Fsp3) is 0.684. The maximum absolute atomic E-state index is 2.39. The summed E-state index contributed by atoms with van der Waals surface area (Å²) in [5.74, 6) is 0.893. The molecule has 0 bridgehead atoms. The van der Waals surface area contributed by atoms with Crippen LogP contribution in [0.3, 0.4) is 0 Å². The standard InChI is InChI=1S/C19H32/c1-5-7-8-9-11-18(10-6-2)15-19-13-12-16(3)17(4)14-19/h12-14,18H,5-11,15H2,1-4H3. The van der Waals surface area contributed by atoms with Gasteiger partial charge in [0.15, 0.2) is 0 Å². The van der Waals surface area contributed by atoms with Crippen molar-refractivity contribution in [2.75, 3.05) is 0 Å². The summed E-state index contributed by atoms with van der Waals surface area (Å²) in [6.07, 6.45) is 11.0. The van der Waals surface area contributed by atoms with Crippen LogP contribution in [-0.4, -0.2) is 0 Å². The number of rotatable bonds is 9. The second kappa shape index (κ2) is 9.18. The Bertz CT molecular complexity index is 351. The summed E-state index contributed by atoms with van der Waals surface area (Å²) in [5.41, 5.74) is 4.40. The number of benzene rings is 1. The Balaban J connectivity index is 2.49. The normalized spacial score (nSPS) is 12.6. The van der Waals surface area contributed by atoms with Crippen LogP contribution in [0.1, 0.15) is 75.5 Å². The Labute approximate surface area is 120 Å². The van der Waals surface area contributed by atoms with E-state index in [2.05, 4.69) is 45.9 Å². The summed E-state index contributed by atoms with van der Waals surface area (Å²) in [7, 11) is 0. The van der Waals surface area contributed by atoms with E-state index in [9.17, 15) is 0 Å². The smallest absolute Gasteiger partial charge is 0.0250 e. The Morgan fingerprint density at radius 2 is 1.63 bits per heavy atom. The van der Waals surface area contributed by atoms with Crippen LogP contribution in [0, 0.1) is 19.8 Å². The summed E-state index contributed by atoms with van der Waals surface area (Å²) in [5, 5.41) is 0. The molecule has 1 unspecified atom stereocenters. The van der Waals surface area contributed by atoms with Crippen molar-refractivity contribution < 1.29 is 0 Å². The van der Waals surface area contributed by atoms with E-state index in [0.29, 0.717) is 0 Å². The molecule has 1 rings (SSSR count). The molecule has 0 saturated heterocycles. The van der Waals surface area contributed by atoms with Gasteiger partial charge < -0.3 is 0 Å². The SMILES string of the molecule is CCCCCCC(CCC)Cc1ccc(C)c(C)c1. The average Bonchev–Trinajstić information content (AvgIpc) is 2.39. The van der Waals surface area contributed by atoms with E-state index in [1.54, 1.807) is 0 Å². The van der Waals surface area contributed by atoms with Crippen LogP contribution in [0.4, 0.5) is 0 Å². The molecule has 0 radical (unpaired) electrons. The number of unbranched alkanes of at least 4 members (excludes halogenated alkanes) is 3. The minimum atomic E-state index is 0.893. The zero-order valence-corrected chi connectivity index (χ0v) is 13.5. The Hall–Kier alpha value is -0.780. The van der Waals surface area contributed by atoms with E-state index in [1.807, 2.05) is 0 Å². The van der Waals surface area contributed by atoms with E-state index in [0.717, 1.165) is 5.92 Å². The monoisotopic (exact) mass is 260 g/mol. The molecule has 1 atom stereocenters. The van der Waals surface area contributed by atoms with Crippen molar-refractivity contribution in [2.24, 2.45) is 5.92 Å². The third-order valence-electron chi connectivity index (χ3n) is 4.26. The first-order valence-corrected chi connectivity index (χ1v) is 8.23. The molecule has 0 aliphatic rings. The second-order valence-electron chi connectivity index (χ2n) is 6.13. The van der Waals surface area contributed by atoms with Gasteiger partial charge in [0.25, 0.3) is 0 Å². The molecule has 108 valence electrons. The quantitative estimate of drug-likeness (QED) is 0.461. The van der Waals surface area contributed by atoms with Gasteiger partial charge >= 0.3 is 0 Å². The molecule has 0 aliphatic carbocycles. The second-order valence-corrected chi connectivity index (χ2v) is 6.13. The van der Waals surface area contributed by atoms with Crippen LogP contribution < -0.4 is 0 Å². The van der Waals surface area contributed by atoms with Gasteiger partial charge in [-0.3, -0.25) is 0 Å². The van der Waals surface area contributed by atoms with Gasteiger partial charge in [-0.05, 0) is 42.9 Å². The van der Waals surface area contributed by atoms with Gasteiger partial charge in [-0.25, -0.2) is 0 Å². The van der Waals surface area contributed by atoms with Crippen LogP contribution >= 0.6 is 0 Å². The molecule has 1 aromatic carbocycles. The van der Waals surface area contributed by atoms with Crippen LogP contribution in [0.25, 0.3) is 0 Å². The highest BCUT2D eigenvalue weighted by Gasteiger charge is 2.09. The molecular weight excluding hydrogens is 228 g/mol. The molecular formula is C19H32. The predicted molar refractivity (Wildman–Crippen MR) is 86.8 cm³/mol. The van der Waals surface area contributed by atoms with Crippen LogP contribution in [-0.2, 0) is 6.42 Å². The lowest BCUT2D eigenvalue weighted by molar-refractivity contribution is 0.419. The molecule has 0 spiro atoms. The molecule has 0 aliphatic heterocycles. The van der Waals surface area contributed by atoms with Crippen LogP contribution in [0.2, 0.25) is 0 Å². The molecule has 0 fully saturated rings. The lowest BCUT2D eigenvalue weighted by Crippen LogP contribution is -2.05. The van der Waals surface area contributed by atoms with Gasteiger partial charge in [-0.1, -0.05) is 77.0 Å². The van der Waals surface area contributed by atoms with Crippen molar-refractivity contribution in [3.63, 3.8) is 0 Å². The molecule has 19 heavy (non-hydrogen) atoms. The lowest BCUT2D eigenvalue weighted by Gasteiger charge is -2.17. The molecule has 1 aromatic rings. The summed E-state index contributed by atoms with van der Waals surface area (Å²) < 4.78 is 0. The van der Waals surface area contributed by atoms with Gasteiger partial charge in [0.05, 0.1) is 0 Å². The molecule has 0 nitrogen and oxygen atoms in total. The first kappa shape index (κ1) is 16.3. The molecule has 0 aromatic heterocycles. The van der Waals surface area contributed by atoms with Crippen molar-refractivity contribution in [3.8, 4) is 0 Å². The molecule has 0 N–H and O–H groups in total. The highest BCUT2D eigenvalue weighted by molar-refractivity contribution is 5.30. The van der Waals surface area contributed by atoms with Crippen molar-refractivity contribution in [1.82, 2.24) is 0 Å². The fourth-order valence-corrected chi connectivity index (χ4v) is 2.88. The molecule has 0 heteroatoms. The molecule has 0 saturated carbocycles. The van der Waals surface area contributed by atoms with Gasteiger partial charge in [0.1, 0.15) is 0 Å². The first-order chi connectivity index (χ1) is 9.17. The van der Waals surface area contributed by atoms with E-state index in [4.69, 9.17) is 0 Å². The molecule has 0 heterocycles. The van der Waals surface area contributed by atoms with Gasteiger partial charge in [-0.2, -0.15) is 0 Å². The number of aryl methyl sites for hydroxylation is 2. The van der Waals surface area contributed by atoms with Gasteiger partial charge in [0, 0.05) is 0 Å². The fourth-order valence-electron chi connectivity index (χ4n) is 2.88. The largest absolute Gasteiger partial charge is 0.0654 e. The minimum absolute atomic E-state index is 0.893. The third kappa shape index (κ3) is 6.27. The lowest BCUT2D eigenvalue weighted by atomic mass is 9.89. The van der Waals surface area contributed by atoms with Gasteiger partial charge in [0.2, 0.25) is 0 Å².